The zero-order valence-corrected chi connectivity index (χ0v) is 15.2. The minimum absolute atomic E-state index is 0.149. The SMILES string of the molecule is O=C(CCNC(=O)c1ccc(Cl)cc1)Nc1nc2ccc(Cl)cc2s1. The maximum Gasteiger partial charge on any atom is 0.251 e. The number of fused-ring (bicyclic) bond motifs is 1. The lowest BCUT2D eigenvalue weighted by atomic mass is 10.2. The zero-order chi connectivity index (χ0) is 17.8. The topological polar surface area (TPSA) is 71.1 Å². The van der Waals surface area contributed by atoms with E-state index in [1.165, 1.54) is 11.3 Å². The van der Waals surface area contributed by atoms with E-state index >= 15 is 0 Å². The summed E-state index contributed by atoms with van der Waals surface area (Å²) in [5.41, 5.74) is 1.27. The number of amides is 2. The van der Waals surface area contributed by atoms with Crippen LogP contribution in [0.15, 0.2) is 42.5 Å². The van der Waals surface area contributed by atoms with Gasteiger partial charge in [0.05, 0.1) is 10.2 Å². The lowest BCUT2D eigenvalue weighted by molar-refractivity contribution is -0.116. The molecule has 0 aliphatic carbocycles. The molecular weight excluding hydrogens is 381 g/mol. The predicted octanol–water partition coefficient (Wildman–Crippen LogP) is 4.36. The molecule has 2 amide bonds. The minimum Gasteiger partial charge on any atom is -0.352 e. The highest BCUT2D eigenvalue weighted by atomic mass is 35.5. The second-order valence-corrected chi connectivity index (χ2v) is 7.10. The fourth-order valence-electron chi connectivity index (χ4n) is 2.13. The number of benzene rings is 2. The summed E-state index contributed by atoms with van der Waals surface area (Å²) in [5, 5.41) is 7.11. The largest absolute Gasteiger partial charge is 0.352 e. The van der Waals surface area contributed by atoms with Crippen LogP contribution in [0.2, 0.25) is 10.0 Å². The Morgan fingerprint density at radius 1 is 1.04 bits per heavy atom. The van der Waals surface area contributed by atoms with Gasteiger partial charge in [-0.3, -0.25) is 9.59 Å². The van der Waals surface area contributed by atoms with E-state index in [0.717, 1.165) is 10.2 Å². The van der Waals surface area contributed by atoms with Gasteiger partial charge in [0.2, 0.25) is 5.91 Å². The molecule has 0 bridgehead atoms. The molecule has 0 atom stereocenters. The number of carbonyl (C=O) groups is 2. The molecule has 0 saturated carbocycles. The van der Waals surface area contributed by atoms with E-state index in [1.54, 1.807) is 42.5 Å². The Labute approximate surface area is 158 Å². The Kier molecular flexibility index (Phi) is 5.53. The van der Waals surface area contributed by atoms with Crippen molar-refractivity contribution in [1.82, 2.24) is 10.3 Å². The third-order valence-corrected chi connectivity index (χ3v) is 4.76. The molecule has 8 heteroatoms. The predicted molar refractivity (Wildman–Crippen MR) is 102 cm³/mol. The lowest BCUT2D eigenvalue weighted by Gasteiger charge is -2.05. The van der Waals surface area contributed by atoms with Crippen LogP contribution in [-0.2, 0) is 4.79 Å². The summed E-state index contributed by atoms with van der Waals surface area (Å²) in [6, 6.07) is 11.9. The Bertz CT molecular complexity index is 925. The Morgan fingerprint density at radius 3 is 2.52 bits per heavy atom. The number of hydrogen-bond donors (Lipinski definition) is 2. The molecule has 3 rings (SSSR count). The van der Waals surface area contributed by atoms with Crippen LogP contribution in [-0.4, -0.2) is 23.3 Å². The van der Waals surface area contributed by atoms with Gasteiger partial charge in [0.15, 0.2) is 5.13 Å². The van der Waals surface area contributed by atoms with Crippen LogP contribution in [0.1, 0.15) is 16.8 Å². The number of anilines is 1. The number of nitrogens with one attached hydrogen (secondary N) is 2. The molecule has 0 fully saturated rings. The maximum atomic E-state index is 12.0. The van der Waals surface area contributed by atoms with Crippen molar-refractivity contribution in [1.29, 1.82) is 0 Å². The van der Waals surface area contributed by atoms with Crippen molar-refractivity contribution in [2.24, 2.45) is 0 Å². The molecule has 25 heavy (non-hydrogen) atoms. The number of carbonyl (C=O) groups excluding carboxylic acids is 2. The molecule has 0 radical (unpaired) electrons. The monoisotopic (exact) mass is 393 g/mol. The molecule has 1 aromatic heterocycles. The van der Waals surface area contributed by atoms with E-state index in [0.29, 0.717) is 20.7 Å². The van der Waals surface area contributed by atoms with Crippen molar-refractivity contribution in [3.8, 4) is 0 Å². The zero-order valence-electron chi connectivity index (χ0n) is 12.9. The van der Waals surface area contributed by atoms with Crippen LogP contribution >= 0.6 is 34.5 Å². The van der Waals surface area contributed by atoms with Crippen LogP contribution < -0.4 is 10.6 Å². The van der Waals surface area contributed by atoms with E-state index < -0.39 is 0 Å². The van der Waals surface area contributed by atoms with Gasteiger partial charge in [0, 0.05) is 28.6 Å². The van der Waals surface area contributed by atoms with Gasteiger partial charge in [-0.05, 0) is 42.5 Å². The third kappa shape index (κ3) is 4.69. The van der Waals surface area contributed by atoms with Crippen molar-refractivity contribution in [3.63, 3.8) is 0 Å². The second-order valence-electron chi connectivity index (χ2n) is 5.19. The first kappa shape index (κ1) is 17.7. The van der Waals surface area contributed by atoms with Gasteiger partial charge in [-0.1, -0.05) is 34.5 Å². The van der Waals surface area contributed by atoms with Crippen LogP contribution in [0.25, 0.3) is 10.2 Å². The van der Waals surface area contributed by atoms with Crippen molar-refractivity contribution in [3.05, 3.63) is 58.1 Å². The van der Waals surface area contributed by atoms with Crippen LogP contribution in [0.4, 0.5) is 5.13 Å². The summed E-state index contributed by atoms with van der Waals surface area (Å²) in [5.74, 6) is -0.472. The Hall–Kier alpha value is -2.15. The van der Waals surface area contributed by atoms with Gasteiger partial charge < -0.3 is 10.6 Å². The second kappa shape index (κ2) is 7.82. The van der Waals surface area contributed by atoms with E-state index in [9.17, 15) is 9.59 Å². The quantitative estimate of drug-likeness (QED) is 0.676. The molecule has 0 aliphatic heterocycles. The fourth-order valence-corrected chi connectivity index (χ4v) is 3.41. The van der Waals surface area contributed by atoms with Crippen LogP contribution in [0, 0.1) is 0 Å². The Morgan fingerprint density at radius 2 is 1.76 bits per heavy atom. The first-order chi connectivity index (χ1) is 12.0. The van der Waals surface area contributed by atoms with Gasteiger partial charge in [0.1, 0.15) is 0 Å². The lowest BCUT2D eigenvalue weighted by Crippen LogP contribution is -2.27. The van der Waals surface area contributed by atoms with Crippen molar-refractivity contribution < 1.29 is 9.59 Å². The summed E-state index contributed by atoms with van der Waals surface area (Å²) < 4.78 is 0.902. The molecule has 3 aromatic rings. The number of halogens is 2. The molecule has 128 valence electrons. The smallest absolute Gasteiger partial charge is 0.251 e. The molecule has 0 unspecified atom stereocenters. The molecular formula is C17H13Cl2N3O2S. The molecule has 2 N–H and O–H groups in total. The molecule has 0 aliphatic rings. The average molecular weight is 394 g/mol. The van der Waals surface area contributed by atoms with Gasteiger partial charge in [0.25, 0.3) is 5.91 Å². The summed E-state index contributed by atoms with van der Waals surface area (Å²) in [7, 11) is 0. The van der Waals surface area contributed by atoms with Crippen LogP contribution in [0.5, 0.6) is 0 Å². The van der Waals surface area contributed by atoms with Gasteiger partial charge in [-0.15, -0.1) is 0 Å². The Balaban J connectivity index is 1.50. The van der Waals surface area contributed by atoms with E-state index in [4.69, 9.17) is 23.2 Å². The van der Waals surface area contributed by atoms with Gasteiger partial charge in [-0.2, -0.15) is 0 Å². The van der Waals surface area contributed by atoms with Crippen molar-refractivity contribution >= 4 is 61.7 Å². The summed E-state index contributed by atoms with van der Waals surface area (Å²) in [6.07, 6.45) is 0.149. The minimum atomic E-state index is -0.251. The first-order valence-electron chi connectivity index (χ1n) is 7.41. The summed E-state index contributed by atoms with van der Waals surface area (Å²) in [6.45, 7) is 0.226. The fraction of sp³-hybridized carbons (Fsp3) is 0.118. The highest BCUT2D eigenvalue weighted by Crippen LogP contribution is 2.28. The van der Waals surface area contributed by atoms with Gasteiger partial charge in [-0.25, -0.2) is 4.98 Å². The van der Waals surface area contributed by atoms with Crippen LogP contribution in [0.3, 0.4) is 0 Å². The highest BCUT2D eigenvalue weighted by Gasteiger charge is 2.10. The first-order valence-corrected chi connectivity index (χ1v) is 8.98. The average Bonchev–Trinajstić information content (AvgIpc) is 2.96. The molecule has 5 nitrogen and oxygen atoms in total. The van der Waals surface area contributed by atoms with Crippen molar-refractivity contribution in [2.75, 3.05) is 11.9 Å². The molecule has 1 heterocycles. The highest BCUT2D eigenvalue weighted by molar-refractivity contribution is 7.22. The molecule has 0 spiro atoms. The normalized spacial score (nSPS) is 10.6. The van der Waals surface area contributed by atoms with E-state index in [1.807, 2.05) is 0 Å². The maximum absolute atomic E-state index is 12.0. The number of hydrogen-bond acceptors (Lipinski definition) is 4. The van der Waals surface area contributed by atoms with E-state index in [2.05, 4.69) is 15.6 Å². The number of thiazole rings is 1. The standard InChI is InChI=1S/C17H13Cl2N3O2S/c18-11-3-1-10(2-4-11)16(24)20-8-7-15(23)22-17-21-13-6-5-12(19)9-14(13)25-17/h1-6,9H,7-8H2,(H,20,24)(H,21,22,23). The number of nitrogens with zero attached hydrogens (tertiary/aromatic N) is 1. The molecule has 2 aromatic carbocycles. The third-order valence-electron chi connectivity index (χ3n) is 3.34. The van der Waals surface area contributed by atoms with E-state index in [-0.39, 0.29) is 24.8 Å². The molecule has 0 saturated heterocycles. The summed E-state index contributed by atoms with van der Waals surface area (Å²) >= 11 is 13.1. The van der Waals surface area contributed by atoms with Gasteiger partial charge >= 0.3 is 0 Å². The number of rotatable bonds is 5. The number of aromatic nitrogens is 1. The van der Waals surface area contributed by atoms with Crippen molar-refractivity contribution in [2.45, 2.75) is 6.42 Å². The summed E-state index contributed by atoms with van der Waals surface area (Å²) in [4.78, 5) is 28.2.